The first-order chi connectivity index (χ1) is 12.8. The maximum Gasteiger partial charge on any atom is 0.257 e. The van der Waals surface area contributed by atoms with Crippen LogP contribution in [0.15, 0.2) is 84.5 Å². The number of pyridine rings is 1. The van der Waals surface area contributed by atoms with Gasteiger partial charge in [-0.3, -0.25) is 15.1 Å². The Kier molecular flexibility index (Phi) is 4.53. The van der Waals surface area contributed by atoms with E-state index >= 15 is 0 Å². The van der Waals surface area contributed by atoms with Crippen molar-refractivity contribution in [2.45, 2.75) is 0 Å². The van der Waals surface area contributed by atoms with Gasteiger partial charge < -0.3 is 0 Å². The Bertz CT molecular complexity index is 1010. The molecule has 0 fully saturated rings. The molecule has 1 N–H and O–H groups in total. The lowest BCUT2D eigenvalue weighted by Gasteiger charge is -2.04. The van der Waals surface area contributed by atoms with Crippen molar-refractivity contribution in [3.8, 4) is 22.4 Å². The van der Waals surface area contributed by atoms with E-state index in [1.165, 1.54) is 11.3 Å². The molecule has 0 atom stereocenters. The number of nitrogens with one attached hydrogen (secondary N) is 1. The van der Waals surface area contributed by atoms with Gasteiger partial charge in [-0.15, -0.1) is 11.3 Å². The van der Waals surface area contributed by atoms with Crippen LogP contribution in [0.25, 0.3) is 22.4 Å². The van der Waals surface area contributed by atoms with Gasteiger partial charge in [0.2, 0.25) is 0 Å². The number of amides is 1. The van der Waals surface area contributed by atoms with Crippen LogP contribution in [0.4, 0.5) is 5.13 Å². The molecule has 0 aliphatic heterocycles. The zero-order valence-corrected chi connectivity index (χ0v) is 14.6. The Balaban J connectivity index is 1.48. The average molecular weight is 357 g/mol. The number of carbonyl (C=O) groups excluding carboxylic acids is 1. The summed E-state index contributed by atoms with van der Waals surface area (Å²) in [6.07, 6.45) is 3.47. The summed E-state index contributed by atoms with van der Waals surface area (Å²) < 4.78 is 0. The minimum atomic E-state index is -0.170. The van der Waals surface area contributed by atoms with Crippen LogP contribution in [0.5, 0.6) is 0 Å². The molecule has 0 saturated carbocycles. The molecule has 0 unspecified atom stereocenters. The van der Waals surface area contributed by atoms with Crippen molar-refractivity contribution in [1.29, 1.82) is 0 Å². The van der Waals surface area contributed by atoms with E-state index in [9.17, 15) is 4.79 Å². The van der Waals surface area contributed by atoms with Gasteiger partial charge >= 0.3 is 0 Å². The first-order valence-electron chi connectivity index (χ1n) is 8.12. The third-order valence-corrected chi connectivity index (χ3v) is 4.69. The zero-order chi connectivity index (χ0) is 17.8. The Morgan fingerprint density at radius 3 is 2.31 bits per heavy atom. The molecular formula is C21H15N3OS. The summed E-state index contributed by atoms with van der Waals surface area (Å²) in [5.74, 6) is -0.170. The van der Waals surface area contributed by atoms with E-state index in [-0.39, 0.29) is 5.91 Å². The number of thiazole rings is 1. The number of nitrogens with zero attached hydrogens (tertiary/aromatic N) is 2. The van der Waals surface area contributed by atoms with E-state index < -0.39 is 0 Å². The number of rotatable bonds is 4. The molecule has 1 amide bonds. The van der Waals surface area contributed by atoms with Gasteiger partial charge in [-0.25, -0.2) is 4.98 Å². The highest BCUT2D eigenvalue weighted by molar-refractivity contribution is 7.14. The zero-order valence-electron chi connectivity index (χ0n) is 13.8. The summed E-state index contributed by atoms with van der Waals surface area (Å²) in [6.45, 7) is 0. The number of carbonyl (C=O) groups is 1. The summed E-state index contributed by atoms with van der Waals surface area (Å²) in [6, 6.07) is 21.4. The van der Waals surface area contributed by atoms with Gasteiger partial charge in [-0.1, -0.05) is 42.5 Å². The second-order valence-electron chi connectivity index (χ2n) is 5.68. The van der Waals surface area contributed by atoms with Gasteiger partial charge in [0.15, 0.2) is 5.13 Å². The fourth-order valence-corrected chi connectivity index (χ4v) is 3.31. The summed E-state index contributed by atoms with van der Waals surface area (Å²) in [5, 5.41) is 5.33. The van der Waals surface area contributed by atoms with Crippen LogP contribution in [0.2, 0.25) is 0 Å². The van der Waals surface area contributed by atoms with Gasteiger partial charge in [-0.2, -0.15) is 0 Å². The Hall–Kier alpha value is -3.31. The maximum atomic E-state index is 12.5. The molecule has 0 bridgehead atoms. The number of aromatic nitrogens is 2. The predicted octanol–water partition coefficient (Wildman–Crippen LogP) is 5.12. The standard InChI is InChI=1S/C21H15N3OS/c25-20(17-10-8-16(9-11-17)15-5-2-1-3-6-15)24-21-23-19(14-26-21)18-7-4-12-22-13-18/h1-14H,(H,23,24,25). The normalized spacial score (nSPS) is 10.5. The van der Waals surface area contributed by atoms with E-state index in [1.54, 1.807) is 12.4 Å². The molecule has 0 radical (unpaired) electrons. The highest BCUT2D eigenvalue weighted by Gasteiger charge is 2.10. The van der Waals surface area contributed by atoms with Gasteiger partial charge in [0.05, 0.1) is 5.69 Å². The van der Waals surface area contributed by atoms with Gasteiger partial charge in [0.25, 0.3) is 5.91 Å². The lowest BCUT2D eigenvalue weighted by atomic mass is 10.0. The summed E-state index contributed by atoms with van der Waals surface area (Å²) in [7, 11) is 0. The van der Waals surface area contributed by atoms with Crippen LogP contribution in [-0.4, -0.2) is 15.9 Å². The molecule has 2 aromatic heterocycles. The molecule has 4 rings (SSSR count). The topological polar surface area (TPSA) is 54.9 Å². The number of hydrogen-bond donors (Lipinski definition) is 1. The van der Waals surface area contributed by atoms with Crippen molar-refractivity contribution < 1.29 is 4.79 Å². The molecule has 5 heteroatoms. The second kappa shape index (κ2) is 7.29. The maximum absolute atomic E-state index is 12.5. The number of hydrogen-bond acceptors (Lipinski definition) is 4. The summed E-state index contributed by atoms with van der Waals surface area (Å²) in [4.78, 5) is 21.0. The molecule has 0 spiro atoms. The van der Waals surface area contributed by atoms with Crippen LogP contribution < -0.4 is 5.32 Å². The van der Waals surface area contributed by atoms with E-state index in [2.05, 4.69) is 15.3 Å². The van der Waals surface area contributed by atoms with E-state index in [0.717, 1.165) is 22.4 Å². The predicted molar refractivity (Wildman–Crippen MR) is 105 cm³/mol. The van der Waals surface area contributed by atoms with E-state index in [4.69, 9.17) is 0 Å². The smallest absolute Gasteiger partial charge is 0.257 e. The summed E-state index contributed by atoms with van der Waals surface area (Å²) >= 11 is 1.40. The monoisotopic (exact) mass is 357 g/mol. The van der Waals surface area contributed by atoms with Crippen LogP contribution in [0.1, 0.15) is 10.4 Å². The van der Waals surface area contributed by atoms with E-state index in [1.807, 2.05) is 72.1 Å². The molecule has 4 aromatic rings. The van der Waals surface area contributed by atoms with Crippen molar-refractivity contribution in [1.82, 2.24) is 9.97 Å². The van der Waals surface area contributed by atoms with Crippen LogP contribution in [0.3, 0.4) is 0 Å². The van der Waals surface area contributed by atoms with Crippen molar-refractivity contribution >= 4 is 22.4 Å². The molecule has 0 aliphatic carbocycles. The average Bonchev–Trinajstić information content (AvgIpc) is 3.18. The molecule has 4 nitrogen and oxygen atoms in total. The first-order valence-corrected chi connectivity index (χ1v) is 9.00. The van der Waals surface area contributed by atoms with Gasteiger partial charge in [0.1, 0.15) is 0 Å². The molecule has 2 heterocycles. The Morgan fingerprint density at radius 2 is 1.58 bits per heavy atom. The molecule has 0 saturated heterocycles. The molecule has 26 heavy (non-hydrogen) atoms. The van der Waals surface area contributed by atoms with Crippen molar-refractivity contribution in [2.24, 2.45) is 0 Å². The van der Waals surface area contributed by atoms with Crippen LogP contribution in [0, 0.1) is 0 Å². The Morgan fingerprint density at radius 1 is 0.846 bits per heavy atom. The molecule has 0 aliphatic rings. The van der Waals surface area contributed by atoms with Gasteiger partial charge in [-0.05, 0) is 35.4 Å². The highest BCUT2D eigenvalue weighted by atomic mass is 32.1. The Labute approximate surface area is 155 Å². The van der Waals surface area contributed by atoms with Crippen LogP contribution in [-0.2, 0) is 0 Å². The van der Waals surface area contributed by atoms with Crippen molar-refractivity contribution in [2.75, 3.05) is 5.32 Å². The van der Waals surface area contributed by atoms with Crippen LogP contribution >= 0.6 is 11.3 Å². The minimum absolute atomic E-state index is 0.170. The van der Waals surface area contributed by atoms with Crippen molar-refractivity contribution in [3.05, 3.63) is 90.1 Å². The largest absolute Gasteiger partial charge is 0.298 e. The fourth-order valence-electron chi connectivity index (χ4n) is 2.59. The SMILES string of the molecule is O=C(Nc1nc(-c2cccnc2)cs1)c1ccc(-c2ccccc2)cc1. The minimum Gasteiger partial charge on any atom is -0.298 e. The fraction of sp³-hybridized carbons (Fsp3) is 0. The molecule has 126 valence electrons. The third-order valence-electron chi connectivity index (χ3n) is 3.94. The van der Waals surface area contributed by atoms with E-state index in [0.29, 0.717) is 10.7 Å². The molecule has 2 aromatic carbocycles. The number of benzene rings is 2. The molecular weight excluding hydrogens is 342 g/mol. The number of anilines is 1. The third kappa shape index (κ3) is 3.53. The quantitative estimate of drug-likeness (QED) is 0.551. The second-order valence-corrected chi connectivity index (χ2v) is 6.54. The lowest BCUT2D eigenvalue weighted by Crippen LogP contribution is -2.11. The highest BCUT2D eigenvalue weighted by Crippen LogP contribution is 2.25. The van der Waals surface area contributed by atoms with Gasteiger partial charge in [0, 0.05) is 28.9 Å². The summed E-state index contributed by atoms with van der Waals surface area (Å²) in [5.41, 5.74) is 4.54. The van der Waals surface area contributed by atoms with Crippen molar-refractivity contribution in [3.63, 3.8) is 0 Å². The first kappa shape index (κ1) is 16.2. The lowest BCUT2D eigenvalue weighted by molar-refractivity contribution is 0.102.